The number of halogens is 1. The third-order valence-electron chi connectivity index (χ3n) is 6.66. The minimum Gasteiger partial charge on any atom is -0.322 e. The molecule has 0 aliphatic heterocycles. The van der Waals surface area contributed by atoms with E-state index in [1.54, 1.807) is 11.3 Å². The number of nitrogens with one attached hydrogen (secondary N) is 1. The largest absolute Gasteiger partial charge is 0.322 e. The van der Waals surface area contributed by atoms with E-state index >= 15 is 0 Å². The van der Waals surface area contributed by atoms with E-state index in [1.165, 1.54) is 48.8 Å². The van der Waals surface area contributed by atoms with Crippen molar-refractivity contribution in [2.45, 2.75) is 44.7 Å². The van der Waals surface area contributed by atoms with E-state index in [2.05, 4.69) is 58.6 Å². The molecule has 1 aliphatic carbocycles. The van der Waals surface area contributed by atoms with Gasteiger partial charge in [-0.05, 0) is 66.9 Å². The van der Waals surface area contributed by atoms with Gasteiger partial charge in [-0.25, -0.2) is 4.98 Å². The van der Waals surface area contributed by atoms with E-state index in [4.69, 9.17) is 0 Å². The van der Waals surface area contributed by atoms with Crippen LogP contribution in [0.3, 0.4) is 0 Å². The van der Waals surface area contributed by atoms with Crippen LogP contribution < -0.4 is 5.32 Å². The topological polar surface area (TPSA) is 45.2 Å². The van der Waals surface area contributed by atoms with Crippen LogP contribution in [0.5, 0.6) is 0 Å². The van der Waals surface area contributed by atoms with Crippen LogP contribution in [0.1, 0.15) is 48.0 Å². The number of amides is 1. The first kappa shape index (κ1) is 24.6. The van der Waals surface area contributed by atoms with Gasteiger partial charge in [0.1, 0.15) is 0 Å². The van der Waals surface area contributed by atoms with Crippen molar-refractivity contribution in [2.75, 3.05) is 12.4 Å². The number of thiazole rings is 1. The monoisotopic (exact) mass is 535 g/mol. The van der Waals surface area contributed by atoms with E-state index in [-0.39, 0.29) is 22.9 Å². The molecule has 6 heteroatoms. The minimum atomic E-state index is -0.0919. The highest BCUT2D eigenvalue weighted by Gasteiger charge is 2.20. The van der Waals surface area contributed by atoms with E-state index < -0.39 is 0 Å². The predicted molar refractivity (Wildman–Crippen MR) is 148 cm³/mol. The molecule has 4 nitrogen and oxygen atoms in total. The fourth-order valence-corrected chi connectivity index (χ4v) is 5.48. The third kappa shape index (κ3) is 5.57. The van der Waals surface area contributed by atoms with E-state index in [0.717, 1.165) is 22.4 Å². The first-order valence-electron chi connectivity index (χ1n) is 11.7. The number of hydrogen-bond acceptors (Lipinski definition) is 4. The van der Waals surface area contributed by atoms with Gasteiger partial charge in [0, 0.05) is 23.8 Å². The van der Waals surface area contributed by atoms with Gasteiger partial charge in [-0.3, -0.25) is 9.69 Å². The van der Waals surface area contributed by atoms with Crippen molar-refractivity contribution >= 4 is 50.1 Å². The van der Waals surface area contributed by atoms with Gasteiger partial charge in [-0.15, -0.1) is 28.3 Å². The predicted octanol–water partition coefficient (Wildman–Crippen LogP) is 7.56. The highest BCUT2D eigenvalue weighted by Crippen LogP contribution is 2.29. The summed E-state index contributed by atoms with van der Waals surface area (Å²) in [5.74, 6) is -0.0919. The Kier molecular flexibility index (Phi) is 8.14. The van der Waals surface area contributed by atoms with Crippen molar-refractivity contribution in [3.8, 4) is 11.1 Å². The van der Waals surface area contributed by atoms with Crippen LogP contribution in [0.15, 0.2) is 72.2 Å². The minimum absolute atomic E-state index is 0. The van der Waals surface area contributed by atoms with Crippen LogP contribution in [-0.2, 0) is 6.54 Å². The van der Waals surface area contributed by atoms with Crippen LogP contribution in [-0.4, -0.2) is 28.9 Å². The molecule has 34 heavy (non-hydrogen) atoms. The van der Waals surface area contributed by atoms with Crippen molar-refractivity contribution in [3.63, 3.8) is 0 Å². The second kappa shape index (κ2) is 11.3. The molecule has 5 rings (SSSR count). The van der Waals surface area contributed by atoms with Crippen LogP contribution in [0.2, 0.25) is 0 Å². The normalized spacial score (nSPS) is 14.2. The maximum absolute atomic E-state index is 13.1. The molecule has 1 aromatic heterocycles. The molecule has 1 amide bonds. The number of carbonyl (C=O) groups excluding carboxylic acids is 1. The van der Waals surface area contributed by atoms with Crippen LogP contribution in [0, 0.1) is 0 Å². The van der Waals surface area contributed by atoms with Crippen molar-refractivity contribution in [1.29, 1.82) is 0 Å². The van der Waals surface area contributed by atoms with Gasteiger partial charge >= 0.3 is 0 Å². The number of nitrogens with zero attached hydrogens (tertiary/aromatic N) is 2. The number of hydrogen-bond donors (Lipinski definition) is 1. The molecule has 3 aromatic carbocycles. The highest BCUT2D eigenvalue weighted by atomic mass is 79.9. The second-order valence-corrected chi connectivity index (χ2v) is 9.82. The third-order valence-corrected chi connectivity index (χ3v) is 7.47. The summed E-state index contributed by atoms with van der Waals surface area (Å²) in [6.45, 7) is 0.834. The molecule has 0 atom stereocenters. The zero-order valence-electron chi connectivity index (χ0n) is 19.4. The first-order valence-corrected chi connectivity index (χ1v) is 12.6. The fourth-order valence-electron chi connectivity index (χ4n) is 4.82. The lowest BCUT2D eigenvalue weighted by Crippen LogP contribution is -2.33. The molecule has 1 aliphatic rings. The number of fused-ring (bicyclic) bond motifs is 1. The fraction of sp³-hybridized carbons (Fsp3) is 0.286. The van der Waals surface area contributed by atoms with Crippen molar-refractivity contribution in [2.24, 2.45) is 0 Å². The molecule has 1 heterocycles. The first-order chi connectivity index (χ1) is 16.2. The van der Waals surface area contributed by atoms with Crippen LogP contribution in [0.4, 0.5) is 5.69 Å². The number of aromatic nitrogens is 1. The Balaban J connectivity index is 0.00000274. The molecule has 0 bridgehead atoms. The quantitative estimate of drug-likeness (QED) is 0.277. The van der Waals surface area contributed by atoms with Gasteiger partial charge in [0.25, 0.3) is 5.91 Å². The molecule has 1 N–H and O–H groups in total. The summed E-state index contributed by atoms with van der Waals surface area (Å²) in [4.78, 5) is 20.0. The van der Waals surface area contributed by atoms with E-state index in [1.807, 2.05) is 35.8 Å². The summed E-state index contributed by atoms with van der Waals surface area (Å²) in [6, 6.07) is 23.0. The number of rotatable bonds is 6. The summed E-state index contributed by atoms with van der Waals surface area (Å²) in [5, 5.41) is 3.06. The lowest BCUT2D eigenvalue weighted by atomic mass is 9.93. The smallest absolute Gasteiger partial charge is 0.255 e. The Morgan fingerprint density at radius 1 is 1.03 bits per heavy atom. The maximum atomic E-state index is 13.1. The average molecular weight is 537 g/mol. The Labute approximate surface area is 215 Å². The molecule has 0 saturated heterocycles. The zero-order chi connectivity index (χ0) is 22.6. The van der Waals surface area contributed by atoms with Gasteiger partial charge in [0.15, 0.2) is 0 Å². The lowest BCUT2D eigenvalue weighted by Gasteiger charge is -2.31. The van der Waals surface area contributed by atoms with Gasteiger partial charge in [0.05, 0.1) is 15.7 Å². The Bertz CT molecular complexity index is 1250. The van der Waals surface area contributed by atoms with Crippen molar-refractivity contribution in [1.82, 2.24) is 9.88 Å². The number of benzene rings is 3. The molecule has 0 radical (unpaired) electrons. The van der Waals surface area contributed by atoms with E-state index in [9.17, 15) is 4.79 Å². The summed E-state index contributed by atoms with van der Waals surface area (Å²) in [5.41, 5.74) is 7.76. The molecule has 0 unspecified atom stereocenters. The van der Waals surface area contributed by atoms with Gasteiger partial charge in [-0.2, -0.15) is 0 Å². The molecule has 4 aromatic rings. The molecule has 1 saturated carbocycles. The summed E-state index contributed by atoms with van der Waals surface area (Å²) in [7, 11) is 2.22. The van der Waals surface area contributed by atoms with Crippen molar-refractivity contribution in [3.05, 3.63) is 83.4 Å². The second-order valence-electron chi connectivity index (χ2n) is 8.93. The zero-order valence-corrected chi connectivity index (χ0v) is 21.9. The Morgan fingerprint density at radius 3 is 2.62 bits per heavy atom. The van der Waals surface area contributed by atoms with E-state index in [0.29, 0.717) is 11.6 Å². The SMILES string of the molecule is Br.CN(Cc1cc(C(=O)Nc2ccc3scnc3c2)ccc1-c1ccccc1)C1CCCCC1. The van der Waals surface area contributed by atoms with Gasteiger partial charge in [0.2, 0.25) is 0 Å². The standard InChI is InChI=1S/C28H29N3OS.BrH/c1-31(24-10-6-3-7-11-24)18-22-16-21(12-14-25(22)20-8-4-2-5-9-20)28(32)30-23-13-15-27-26(17-23)29-19-33-27;/h2,4-5,8-9,12-17,19,24H,3,6-7,10-11,18H2,1H3,(H,30,32);1H. The van der Waals surface area contributed by atoms with Gasteiger partial charge < -0.3 is 5.32 Å². The van der Waals surface area contributed by atoms with Crippen molar-refractivity contribution < 1.29 is 4.79 Å². The Morgan fingerprint density at radius 2 is 1.82 bits per heavy atom. The molecule has 1 fully saturated rings. The lowest BCUT2D eigenvalue weighted by molar-refractivity contribution is 0.102. The number of anilines is 1. The van der Waals surface area contributed by atoms with Gasteiger partial charge in [-0.1, -0.05) is 55.7 Å². The number of carbonyl (C=O) groups is 1. The maximum Gasteiger partial charge on any atom is 0.255 e. The highest BCUT2D eigenvalue weighted by molar-refractivity contribution is 8.93. The Hall–Kier alpha value is -2.54. The molecule has 176 valence electrons. The molecular weight excluding hydrogens is 506 g/mol. The summed E-state index contributed by atoms with van der Waals surface area (Å²) < 4.78 is 1.12. The van der Waals surface area contributed by atoms with Crippen LogP contribution in [0.25, 0.3) is 21.3 Å². The average Bonchev–Trinajstić information content (AvgIpc) is 3.33. The molecule has 0 spiro atoms. The summed E-state index contributed by atoms with van der Waals surface area (Å²) in [6.07, 6.45) is 6.49. The van der Waals surface area contributed by atoms with Crippen LogP contribution >= 0.6 is 28.3 Å². The summed E-state index contributed by atoms with van der Waals surface area (Å²) >= 11 is 1.60. The molecular formula is C28H30BrN3OS.